The van der Waals surface area contributed by atoms with Crippen molar-refractivity contribution in [2.24, 2.45) is 0 Å². The van der Waals surface area contributed by atoms with Gasteiger partial charge in [-0.25, -0.2) is 13.1 Å². The fraction of sp³-hybridized carbons (Fsp3) is 0.294. The summed E-state index contributed by atoms with van der Waals surface area (Å²) in [4.78, 5) is 24.6. The first kappa shape index (κ1) is 18.7. The molecule has 1 aliphatic rings. The van der Waals surface area contributed by atoms with Gasteiger partial charge in [0, 0.05) is 25.1 Å². The van der Waals surface area contributed by atoms with Crippen LogP contribution in [0.15, 0.2) is 52.0 Å². The molecule has 1 aromatic heterocycles. The van der Waals surface area contributed by atoms with Crippen LogP contribution in [0.4, 0.5) is 5.69 Å². The van der Waals surface area contributed by atoms with Crippen LogP contribution in [-0.4, -0.2) is 32.5 Å². The van der Waals surface area contributed by atoms with Gasteiger partial charge in [-0.2, -0.15) is 11.8 Å². The zero-order valence-electron chi connectivity index (χ0n) is 13.9. The van der Waals surface area contributed by atoms with Crippen LogP contribution in [0, 0.1) is 0 Å². The number of nitrogens with zero attached hydrogens (tertiary/aromatic N) is 1. The second kappa shape index (κ2) is 8.07. The third kappa shape index (κ3) is 4.35. The Hall–Kier alpha value is -2.10. The largest absolute Gasteiger partial charge is 0.468 e. The first-order chi connectivity index (χ1) is 12.5. The zero-order valence-corrected chi connectivity index (χ0v) is 15.5. The highest BCUT2D eigenvalue weighted by Gasteiger charge is 2.30. The molecule has 1 N–H and O–H groups in total. The lowest BCUT2D eigenvalue weighted by Crippen LogP contribution is -2.29. The number of carbonyl (C=O) groups excluding carboxylic acids is 2. The van der Waals surface area contributed by atoms with Crippen LogP contribution in [0.25, 0.3) is 0 Å². The van der Waals surface area contributed by atoms with Gasteiger partial charge in [-0.3, -0.25) is 14.5 Å². The summed E-state index contributed by atoms with van der Waals surface area (Å²) in [6, 6.07) is 9.42. The summed E-state index contributed by atoms with van der Waals surface area (Å²) in [5, 5.41) is 0. The molecule has 2 heterocycles. The second-order valence-corrected chi connectivity index (χ2v) is 8.52. The van der Waals surface area contributed by atoms with Crippen molar-refractivity contribution in [1.82, 2.24) is 4.72 Å². The highest BCUT2D eigenvalue weighted by Crippen LogP contribution is 2.24. The second-order valence-electron chi connectivity index (χ2n) is 5.65. The van der Waals surface area contributed by atoms with E-state index in [0.29, 0.717) is 23.7 Å². The zero-order chi connectivity index (χ0) is 18.6. The lowest BCUT2D eigenvalue weighted by atomic mass is 10.3. The molecule has 138 valence electrons. The Morgan fingerprint density at radius 2 is 1.77 bits per heavy atom. The van der Waals surface area contributed by atoms with E-state index in [2.05, 4.69) is 4.72 Å². The molecule has 1 fully saturated rings. The smallest absolute Gasteiger partial charge is 0.240 e. The average molecular weight is 394 g/mol. The molecule has 0 unspecified atom stereocenters. The lowest BCUT2D eigenvalue weighted by molar-refractivity contribution is -0.121. The van der Waals surface area contributed by atoms with E-state index in [1.165, 1.54) is 24.3 Å². The summed E-state index contributed by atoms with van der Waals surface area (Å²) < 4.78 is 32.3. The molecule has 3 rings (SSSR count). The number of thioether (sulfide) groups is 1. The molecule has 0 spiro atoms. The number of furan rings is 1. The maximum atomic E-state index is 12.3. The number of rotatable bonds is 8. The average Bonchev–Trinajstić information content (AvgIpc) is 3.25. The van der Waals surface area contributed by atoms with Crippen molar-refractivity contribution in [2.75, 3.05) is 17.2 Å². The van der Waals surface area contributed by atoms with E-state index in [4.69, 9.17) is 4.42 Å². The van der Waals surface area contributed by atoms with Crippen molar-refractivity contribution in [3.63, 3.8) is 0 Å². The Morgan fingerprint density at radius 1 is 1.08 bits per heavy atom. The number of imide groups is 1. The van der Waals surface area contributed by atoms with Gasteiger partial charge in [0.15, 0.2) is 0 Å². The maximum Gasteiger partial charge on any atom is 0.240 e. The van der Waals surface area contributed by atoms with Crippen molar-refractivity contribution in [2.45, 2.75) is 23.5 Å². The topological polar surface area (TPSA) is 96.7 Å². The summed E-state index contributed by atoms with van der Waals surface area (Å²) in [7, 11) is -3.64. The lowest BCUT2D eigenvalue weighted by Gasteiger charge is -2.14. The number of anilines is 1. The molecule has 0 radical (unpaired) electrons. The van der Waals surface area contributed by atoms with Gasteiger partial charge >= 0.3 is 0 Å². The van der Waals surface area contributed by atoms with Crippen LogP contribution in [0.1, 0.15) is 18.6 Å². The molecule has 1 aliphatic heterocycles. The van der Waals surface area contributed by atoms with Gasteiger partial charge < -0.3 is 4.42 Å². The summed E-state index contributed by atoms with van der Waals surface area (Å²) >= 11 is 1.56. The predicted molar refractivity (Wildman–Crippen MR) is 98.2 cm³/mol. The number of hydrogen-bond donors (Lipinski definition) is 1. The number of benzene rings is 1. The molecule has 1 aromatic carbocycles. The molecule has 0 saturated carbocycles. The highest BCUT2D eigenvalue weighted by molar-refractivity contribution is 7.98. The van der Waals surface area contributed by atoms with Gasteiger partial charge in [-0.1, -0.05) is 0 Å². The van der Waals surface area contributed by atoms with Gasteiger partial charge in [-0.15, -0.1) is 0 Å². The fourth-order valence-corrected chi connectivity index (χ4v) is 4.46. The van der Waals surface area contributed by atoms with Crippen LogP contribution >= 0.6 is 11.8 Å². The van der Waals surface area contributed by atoms with Crippen LogP contribution in [-0.2, 0) is 25.4 Å². The van der Waals surface area contributed by atoms with E-state index < -0.39 is 10.0 Å². The van der Waals surface area contributed by atoms with Gasteiger partial charge in [0.1, 0.15) is 5.76 Å². The summed E-state index contributed by atoms with van der Waals surface area (Å²) in [6.07, 6.45) is 1.98. The minimum atomic E-state index is -3.64. The van der Waals surface area contributed by atoms with E-state index in [-0.39, 0.29) is 29.6 Å². The first-order valence-electron chi connectivity index (χ1n) is 8.03. The third-order valence-corrected chi connectivity index (χ3v) is 6.28. The molecule has 7 nitrogen and oxygen atoms in total. The number of hydrogen-bond acceptors (Lipinski definition) is 6. The van der Waals surface area contributed by atoms with Gasteiger partial charge in [0.05, 0.1) is 22.6 Å². The number of amides is 2. The molecule has 2 aromatic rings. The molecule has 26 heavy (non-hydrogen) atoms. The Bertz CT molecular complexity index is 860. The van der Waals surface area contributed by atoms with Crippen LogP contribution in [0.3, 0.4) is 0 Å². The number of carbonyl (C=O) groups is 2. The Labute approximate surface area is 155 Å². The van der Waals surface area contributed by atoms with Crippen LogP contribution in [0.5, 0.6) is 0 Å². The fourth-order valence-electron chi connectivity index (χ4n) is 2.54. The van der Waals surface area contributed by atoms with E-state index in [1.54, 1.807) is 18.0 Å². The minimum Gasteiger partial charge on any atom is -0.468 e. The standard InChI is InChI=1S/C17H18N2O5S2/c20-16-7-8-17(21)19(16)13-3-5-15(6-4-13)26(22,23)18-9-11-25-12-14-2-1-10-24-14/h1-6,10,18H,7-9,11-12H2. The molecule has 9 heteroatoms. The highest BCUT2D eigenvalue weighted by atomic mass is 32.2. The van der Waals surface area contributed by atoms with Crippen LogP contribution < -0.4 is 9.62 Å². The third-order valence-electron chi connectivity index (χ3n) is 3.82. The van der Waals surface area contributed by atoms with Crippen molar-refractivity contribution in [1.29, 1.82) is 0 Å². The van der Waals surface area contributed by atoms with Crippen molar-refractivity contribution < 1.29 is 22.4 Å². The number of nitrogens with one attached hydrogen (secondary N) is 1. The summed E-state index contributed by atoms with van der Waals surface area (Å²) in [5.74, 6) is 1.60. The molecule has 2 amide bonds. The summed E-state index contributed by atoms with van der Waals surface area (Å²) in [5.41, 5.74) is 0.394. The van der Waals surface area contributed by atoms with Gasteiger partial charge in [0.25, 0.3) is 0 Å². The molecular weight excluding hydrogens is 376 g/mol. The molecule has 1 saturated heterocycles. The van der Waals surface area contributed by atoms with Gasteiger partial charge in [0.2, 0.25) is 21.8 Å². The Kier molecular flexibility index (Phi) is 5.80. The number of sulfonamides is 1. The Balaban J connectivity index is 1.53. The molecule has 0 aliphatic carbocycles. The maximum absolute atomic E-state index is 12.3. The predicted octanol–water partition coefficient (Wildman–Crippen LogP) is 2.14. The van der Waals surface area contributed by atoms with E-state index in [1.807, 2.05) is 12.1 Å². The van der Waals surface area contributed by atoms with Crippen LogP contribution in [0.2, 0.25) is 0 Å². The first-order valence-corrected chi connectivity index (χ1v) is 10.7. The normalized spacial score (nSPS) is 15.0. The monoisotopic (exact) mass is 394 g/mol. The van der Waals surface area contributed by atoms with E-state index in [0.717, 1.165) is 10.7 Å². The molecular formula is C17H18N2O5S2. The Morgan fingerprint density at radius 3 is 2.38 bits per heavy atom. The summed E-state index contributed by atoms with van der Waals surface area (Å²) in [6.45, 7) is 0.290. The quantitative estimate of drug-likeness (QED) is 0.544. The SMILES string of the molecule is O=C1CCC(=O)N1c1ccc(S(=O)(=O)NCCSCc2ccco2)cc1. The van der Waals surface area contributed by atoms with Crippen molar-refractivity contribution in [3.8, 4) is 0 Å². The van der Waals surface area contributed by atoms with Gasteiger partial charge in [-0.05, 0) is 36.4 Å². The minimum absolute atomic E-state index is 0.0939. The molecule has 0 atom stereocenters. The molecule has 0 bridgehead atoms. The van der Waals surface area contributed by atoms with E-state index >= 15 is 0 Å². The van der Waals surface area contributed by atoms with Crippen molar-refractivity contribution >= 4 is 39.3 Å². The van der Waals surface area contributed by atoms with E-state index in [9.17, 15) is 18.0 Å². The van der Waals surface area contributed by atoms with Crippen molar-refractivity contribution in [3.05, 3.63) is 48.4 Å².